The van der Waals surface area contributed by atoms with Crippen LogP contribution in [0.2, 0.25) is 0 Å². The predicted molar refractivity (Wildman–Crippen MR) is 81.1 cm³/mol. The lowest BCUT2D eigenvalue weighted by Crippen LogP contribution is -2.24. The number of fused-ring (bicyclic) bond motifs is 1. The minimum absolute atomic E-state index is 0.0898. The highest BCUT2D eigenvalue weighted by Crippen LogP contribution is 2.24. The number of pyridine rings is 1. The van der Waals surface area contributed by atoms with Crippen LogP contribution in [-0.2, 0) is 0 Å². The van der Waals surface area contributed by atoms with Crippen LogP contribution in [0.1, 0.15) is 48.8 Å². The maximum Gasteiger partial charge on any atom is 0.160 e. The molecule has 0 fully saturated rings. The smallest absolute Gasteiger partial charge is 0.160 e. The van der Waals surface area contributed by atoms with Gasteiger partial charge >= 0.3 is 0 Å². The fraction of sp³-hybridized carbons (Fsp3) is 0.375. The van der Waals surface area contributed by atoms with Gasteiger partial charge in [0.2, 0.25) is 0 Å². The zero-order valence-electron chi connectivity index (χ0n) is 12.8. The maximum atomic E-state index is 5.60. The highest BCUT2D eigenvalue weighted by molar-refractivity contribution is 5.37. The Morgan fingerprint density at radius 3 is 2.67 bits per heavy atom. The summed E-state index contributed by atoms with van der Waals surface area (Å²) >= 11 is 0. The van der Waals surface area contributed by atoms with Crippen molar-refractivity contribution in [1.82, 2.24) is 19.9 Å². The monoisotopic (exact) mass is 284 g/mol. The van der Waals surface area contributed by atoms with Crippen LogP contribution in [0.15, 0.2) is 34.9 Å². The Bertz CT molecular complexity index is 759. The highest BCUT2D eigenvalue weighted by atomic mass is 16.3. The van der Waals surface area contributed by atoms with Crippen LogP contribution in [0.25, 0.3) is 5.65 Å². The Morgan fingerprint density at radius 2 is 1.95 bits per heavy atom. The van der Waals surface area contributed by atoms with Gasteiger partial charge in [-0.25, -0.2) is 0 Å². The zero-order valence-corrected chi connectivity index (χ0v) is 12.8. The van der Waals surface area contributed by atoms with Crippen LogP contribution in [0, 0.1) is 13.8 Å². The van der Waals surface area contributed by atoms with Crippen molar-refractivity contribution >= 4 is 5.65 Å². The number of nitrogens with zero attached hydrogens (tertiary/aromatic N) is 3. The van der Waals surface area contributed by atoms with Gasteiger partial charge in [0.15, 0.2) is 11.5 Å². The van der Waals surface area contributed by atoms with Gasteiger partial charge < -0.3 is 9.73 Å². The Morgan fingerprint density at radius 1 is 1.14 bits per heavy atom. The standard InChI is InChI=1S/C16H20N4O/c1-10-9-14(13(4)21-10)11(2)17-12(3)16-19-18-15-7-5-6-8-20(15)16/h5-9,11-12,17H,1-4H3. The van der Waals surface area contributed by atoms with Gasteiger partial charge in [-0.15, -0.1) is 10.2 Å². The van der Waals surface area contributed by atoms with Crippen molar-refractivity contribution in [2.75, 3.05) is 0 Å². The molecule has 21 heavy (non-hydrogen) atoms. The molecule has 2 atom stereocenters. The quantitative estimate of drug-likeness (QED) is 0.798. The summed E-state index contributed by atoms with van der Waals surface area (Å²) in [7, 11) is 0. The molecule has 0 bridgehead atoms. The Hall–Kier alpha value is -2.14. The first kappa shape index (κ1) is 13.8. The van der Waals surface area contributed by atoms with Gasteiger partial charge in [-0.1, -0.05) is 6.07 Å². The van der Waals surface area contributed by atoms with Gasteiger partial charge in [0, 0.05) is 17.8 Å². The largest absolute Gasteiger partial charge is 0.466 e. The van der Waals surface area contributed by atoms with Crippen molar-refractivity contribution < 1.29 is 4.42 Å². The molecule has 0 aromatic carbocycles. The van der Waals surface area contributed by atoms with Crippen molar-refractivity contribution in [3.8, 4) is 0 Å². The molecule has 3 aromatic heterocycles. The van der Waals surface area contributed by atoms with E-state index in [4.69, 9.17) is 4.42 Å². The van der Waals surface area contributed by atoms with Gasteiger partial charge in [-0.05, 0) is 45.9 Å². The van der Waals surface area contributed by atoms with E-state index in [9.17, 15) is 0 Å². The molecule has 0 aliphatic rings. The second-order valence-corrected chi connectivity index (χ2v) is 5.47. The predicted octanol–water partition coefficient (Wildman–Crippen LogP) is 3.35. The topological polar surface area (TPSA) is 55.4 Å². The Balaban J connectivity index is 1.83. The van der Waals surface area contributed by atoms with Crippen molar-refractivity contribution in [3.05, 3.63) is 53.4 Å². The molecule has 0 spiro atoms. The summed E-state index contributed by atoms with van der Waals surface area (Å²) in [4.78, 5) is 0. The van der Waals surface area contributed by atoms with Crippen LogP contribution in [0.4, 0.5) is 0 Å². The van der Waals surface area contributed by atoms with Gasteiger partial charge in [0.1, 0.15) is 11.5 Å². The first-order chi connectivity index (χ1) is 10.1. The third-order valence-electron chi connectivity index (χ3n) is 3.77. The molecule has 0 saturated carbocycles. The lowest BCUT2D eigenvalue weighted by atomic mass is 10.1. The summed E-state index contributed by atoms with van der Waals surface area (Å²) in [6, 6.07) is 8.27. The van der Waals surface area contributed by atoms with E-state index in [1.54, 1.807) is 0 Å². The molecular weight excluding hydrogens is 264 g/mol. The van der Waals surface area contributed by atoms with Gasteiger partial charge in [-0.2, -0.15) is 0 Å². The lowest BCUT2D eigenvalue weighted by molar-refractivity contribution is 0.457. The number of hydrogen-bond acceptors (Lipinski definition) is 4. The van der Waals surface area contributed by atoms with Crippen molar-refractivity contribution in [2.45, 2.75) is 39.8 Å². The molecule has 0 radical (unpaired) electrons. The molecule has 110 valence electrons. The van der Waals surface area contributed by atoms with E-state index in [2.05, 4.69) is 35.4 Å². The third kappa shape index (κ3) is 2.56. The summed E-state index contributed by atoms with van der Waals surface area (Å²) in [5.74, 6) is 2.82. The summed E-state index contributed by atoms with van der Waals surface area (Å²) in [5, 5.41) is 12.1. The van der Waals surface area contributed by atoms with Crippen molar-refractivity contribution in [3.63, 3.8) is 0 Å². The first-order valence-corrected chi connectivity index (χ1v) is 7.19. The molecule has 3 aromatic rings. The molecule has 3 rings (SSSR count). The van der Waals surface area contributed by atoms with E-state index >= 15 is 0 Å². The third-order valence-corrected chi connectivity index (χ3v) is 3.77. The Kier molecular flexibility index (Phi) is 3.51. The molecule has 2 unspecified atom stereocenters. The van der Waals surface area contributed by atoms with Crippen LogP contribution >= 0.6 is 0 Å². The second-order valence-electron chi connectivity index (χ2n) is 5.47. The summed E-state index contributed by atoms with van der Waals surface area (Å²) in [6.07, 6.45) is 1.99. The minimum atomic E-state index is 0.0898. The van der Waals surface area contributed by atoms with Crippen LogP contribution in [-0.4, -0.2) is 14.6 Å². The van der Waals surface area contributed by atoms with Gasteiger partial charge in [0.05, 0.1) is 6.04 Å². The SMILES string of the molecule is Cc1cc(C(C)NC(C)c2nnc3ccccn23)c(C)o1. The lowest BCUT2D eigenvalue weighted by Gasteiger charge is -2.18. The minimum Gasteiger partial charge on any atom is -0.466 e. The van der Waals surface area contributed by atoms with Crippen molar-refractivity contribution in [1.29, 1.82) is 0 Å². The number of aromatic nitrogens is 3. The van der Waals surface area contributed by atoms with E-state index in [-0.39, 0.29) is 12.1 Å². The molecule has 5 nitrogen and oxygen atoms in total. The van der Waals surface area contributed by atoms with E-state index in [0.29, 0.717) is 0 Å². The fourth-order valence-corrected chi connectivity index (χ4v) is 2.77. The molecule has 5 heteroatoms. The molecule has 0 saturated heterocycles. The number of rotatable bonds is 4. The van der Waals surface area contributed by atoms with Gasteiger partial charge in [0.25, 0.3) is 0 Å². The maximum absolute atomic E-state index is 5.60. The molecule has 0 aliphatic heterocycles. The number of furan rings is 1. The number of nitrogens with one attached hydrogen (secondary N) is 1. The molecule has 0 aliphatic carbocycles. The van der Waals surface area contributed by atoms with Crippen LogP contribution in [0.3, 0.4) is 0 Å². The molecular formula is C16H20N4O. The van der Waals surface area contributed by atoms with Crippen molar-refractivity contribution in [2.24, 2.45) is 0 Å². The molecule has 1 N–H and O–H groups in total. The highest BCUT2D eigenvalue weighted by Gasteiger charge is 2.18. The van der Waals surface area contributed by atoms with E-state index < -0.39 is 0 Å². The Labute approximate surface area is 124 Å². The average molecular weight is 284 g/mol. The molecule has 0 amide bonds. The van der Waals surface area contributed by atoms with Crippen LogP contribution < -0.4 is 5.32 Å². The van der Waals surface area contributed by atoms with E-state index in [1.807, 2.05) is 42.6 Å². The van der Waals surface area contributed by atoms with E-state index in [1.165, 1.54) is 5.56 Å². The summed E-state index contributed by atoms with van der Waals surface area (Å²) in [5.41, 5.74) is 2.05. The first-order valence-electron chi connectivity index (χ1n) is 7.19. The summed E-state index contributed by atoms with van der Waals surface area (Å²) in [6.45, 7) is 8.20. The van der Waals surface area contributed by atoms with Crippen LogP contribution in [0.5, 0.6) is 0 Å². The summed E-state index contributed by atoms with van der Waals surface area (Å²) < 4.78 is 7.62. The zero-order chi connectivity index (χ0) is 15.0. The normalized spacial score (nSPS) is 14.5. The number of aryl methyl sites for hydroxylation is 2. The second kappa shape index (κ2) is 5.33. The number of hydrogen-bond donors (Lipinski definition) is 1. The average Bonchev–Trinajstić information content (AvgIpc) is 3.01. The molecule has 3 heterocycles. The van der Waals surface area contributed by atoms with E-state index in [0.717, 1.165) is 23.0 Å². The van der Waals surface area contributed by atoms with Gasteiger partial charge in [-0.3, -0.25) is 4.40 Å². The fourth-order valence-electron chi connectivity index (χ4n) is 2.77.